The zero-order chi connectivity index (χ0) is 22.9. The monoisotopic (exact) mass is 456 g/mol. The Bertz CT molecular complexity index is 490. The number of rotatable bonds is 20. The molecule has 0 saturated carbocycles. The van der Waals surface area contributed by atoms with E-state index >= 15 is 0 Å². The van der Waals surface area contributed by atoms with Gasteiger partial charge in [0.2, 0.25) is 0 Å². The van der Waals surface area contributed by atoms with E-state index < -0.39 is 16.4 Å². The van der Waals surface area contributed by atoms with Crippen molar-refractivity contribution in [2.24, 2.45) is 0 Å². The second-order valence-electron chi connectivity index (χ2n) is 8.40. The van der Waals surface area contributed by atoms with Gasteiger partial charge in [-0.2, -0.15) is 8.42 Å². The van der Waals surface area contributed by atoms with Crippen LogP contribution in [0.4, 0.5) is 0 Å². The van der Waals surface area contributed by atoms with E-state index in [1.165, 1.54) is 0 Å². The summed E-state index contributed by atoms with van der Waals surface area (Å²) in [6.45, 7) is 10.2. The Morgan fingerprint density at radius 1 is 0.800 bits per heavy atom. The Hall–Kier alpha value is -0.290. The smallest absolute Gasteiger partial charge is 0.264 e. The quantitative estimate of drug-likeness (QED) is 0.168. The van der Waals surface area contributed by atoms with Gasteiger partial charge < -0.3 is 24.1 Å². The van der Waals surface area contributed by atoms with Crippen molar-refractivity contribution >= 4 is 10.1 Å². The van der Waals surface area contributed by atoms with E-state index in [9.17, 15) is 13.5 Å². The van der Waals surface area contributed by atoms with Crippen molar-refractivity contribution in [1.29, 1.82) is 0 Å². The maximum atomic E-state index is 10.8. The summed E-state index contributed by atoms with van der Waals surface area (Å²) < 4.78 is 48.4. The summed E-state index contributed by atoms with van der Waals surface area (Å²) in [6, 6.07) is 0. The van der Waals surface area contributed by atoms with Gasteiger partial charge in [-0.1, -0.05) is 19.3 Å². The molecule has 2 atom stereocenters. The minimum absolute atomic E-state index is 0.249. The van der Waals surface area contributed by atoms with E-state index in [0.29, 0.717) is 32.8 Å². The molecule has 0 radical (unpaired) electrons. The van der Waals surface area contributed by atoms with Crippen LogP contribution in [0.15, 0.2) is 0 Å². The fourth-order valence-electron chi connectivity index (χ4n) is 2.61. The van der Waals surface area contributed by atoms with Crippen LogP contribution in [0.3, 0.4) is 0 Å². The molecule has 1 N–H and O–H groups in total. The summed E-state index contributed by atoms with van der Waals surface area (Å²) in [4.78, 5) is 0. The van der Waals surface area contributed by atoms with Gasteiger partial charge in [0.05, 0.1) is 31.7 Å². The second kappa shape index (κ2) is 17.3. The van der Waals surface area contributed by atoms with Crippen molar-refractivity contribution in [3.63, 3.8) is 0 Å². The van der Waals surface area contributed by atoms with E-state index in [4.69, 9.17) is 18.9 Å². The minimum atomic E-state index is -3.32. The predicted molar refractivity (Wildman–Crippen MR) is 117 cm³/mol. The molecule has 8 nitrogen and oxygen atoms in total. The number of unbranched alkanes of at least 4 members (excludes halogenated alkanes) is 5. The van der Waals surface area contributed by atoms with E-state index in [2.05, 4.69) is 4.18 Å². The largest absolute Gasteiger partial charge is 0.379 e. The number of aliphatic hydroxyl groups excluding tert-OH is 1. The van der Waals surface area contributed by atoms with Gasteiger partial charge in [0.15, 0.2) is 12.6 Å². The SMILES string of the molecule is CC(OCCCCCC(O)OC(C)(C)C)OCCOCCCCCCOS(C)(=O)=O. The molecule has 0 bridgehead atoms. The van der Waals surface area contributed by atoms with Crippen molar-refractivity contribution in [1.82, 2.24) is 0 Å². The van der Waals surface area contributed by atoms with Crippen molar-refractivity contribution in [2.75, 3.05) is 39.3 Å². The fraction of sp³-hybridized carbons (Fsp3) is 1.00. The lowest BCUT2D eigenvalue weighted by Crippen LogP contribution is -2.27. The third-order valence-electron chi connectivity index (χ3n) is 4.00. The number of ether oxygens (including phenoxy) is 4. The van der Waals surface area contributed by atoms with Gasteiger partial charge in [0, 0.05) is 13.2 Å². The molecule has 0 fully saturated rings. The zero-order valence-corrected chi connectivity index (χ0v) is 20.4. The lowest BCUT2D eigenvalue weighted by molar-refractivity contribution is -0.169. The molecule has 0 aromatic carbocycles. The fourth-order valence-corrected chi connectivity index (χ4v) is 3.03. The van der Waals surface area contributed by atoms with Gasteiger partial charge >= 0.3 is 0 Å². The van der Waals surface area contributed by atoms with Crippen LogP contribution in [0.2, 0.25) is 0 Å². The summed E-state index contributed by atoms with van der Waals surface area (Å²) >= 11 is 0. The molecule has 0 aliphatic heterocycles. The predicted octanol–water partition coefficient (Wildman–Crippen LogP) is 3.61. The second-order valence-corrected chi connectivity index (χ2v) is 10.0. The first-order chi connectivity index (χ1) is 14.0. The average molecular weight is 457 g/mol. The molecule has 30 heavy (non-hydrogen) atoms. The number of aliphatic hydroxyl groups is 1. The Morgan fingerprint density at radius 3 is 2.00 bits per heavy atom. The Morgan fingerprint density at radius 2 is 1.37 bits per heavy atom. The molecular formula is C21H44O8S. The first kappa shape index (κ1) is 29.7. The molecule has 0 spiro atoms. The molecule has 182 valence electrons. The normalized spacial score (nSPS) is 14.7. The number of hydrogen-bond acceptors (Lipinski definition) is 8. The number of hydrogen-bond donors (Lipinski definition) is 1. The average Bonchev–Trinajstić information content (AvgIpc) is 2.60. The Balaban J connectivity index is 3.33. The van der Waals surface area contributed by atoms with Crippen molar-refractivity contribution in [3.8, 4) is 0 Å². The lowest BCUT2D eigenvalue weighted by Gasteiger charge is -2.23. The molecule has 0 amide bonds. The van der Waals surface area contributed by atoms with Crippen LogP contribution in [0.1, 0.15) is 79.1 Å². The molecule has 0 heterocycles. The zero-order valence-electron chi connectivity index (χ0n) is 19.6. The molecule has 0 aromatic heterocycles. The van der Waals surface area contributed by atoms with E-state index in [1.54, 1.807) is 0 Å². The minimum Gasteiger partial charge on any atom is -0.379 e. The molecular weight excluding hydrogens is 412 g/mol. The molecule has 0 aromatic rings. The van der Waals surface area contributed by atoms with Crippen LogP contribution in [-0.4, -0.2) is 71.0 Å². The maximum Gasteiger partial charge on any atom is 0.264 e. The highest BCUT2D eigenvalue weighted by Gasteiger charge is 2.15. The highest BCUT2D eigenvalue weighted by Crippen LogP contribution is 2.14. The topological polar surface area (TPSA) is 101 Å². The van der Waals surface area contributed by atoms with Gasteiger partial charge in [-0.05, 0) is 59.8 Å². The molecule has 0 saturated heterocycles. The van der Waals surface area contributed by atoms with Crippen LogP contribution in [0, 0.1) is 0 Å². The van der Waals surface area contributed by atoms with Crippen LogP contribution >= 0.6 is 0 Å². The van der Waals surface area contributed by atoms with Gasteiger partial charge in [0.1, 0.15) is 0 Å². The highest BCUT2D eigenvalue weighted by molar-refractivity contribution is 7.85. The highest BCUT2D eigenvalue weighted by atomic mass is 32.2. The van der Waals surface area contributed by atoms with Crippen LogP contribution in [0.5, 0.6) is 0 Å². The molecule has 2 unspecified atom stereocenters. The third kappa shape index (κ3) is 24.0. The van der Waals surface area contributed by atoms with E-state index in [0.717, 1.165) is 51.2 Å². The lowest BCUT2D eigenvalue weighted by atomic mass is 10.1. The summed E-state index contributed by atoms with van der Waals surface area (Å²) in [5, 5.41) is 9.77. The third-order valence-corrected chi connectivity index (χ3v) is 4.59. The summed E-state index contributed by atoms with van der Waals surface area (Å²) in [5.74, 6) is 0. The van der Waals surface area contributed by atoms with Crippen LogP contribution in [-0.2, 0) is 33.2 Å². The van der Waals surface area contributed by atoms with Crippen molar-refractivity contribution < 1.29 is 36.7 Å². The summed E-state index contributed by atoms with van der Waals surface area (Å²) in [7, 11) is -3.32. The van der Waals surface area contributed by atoms with Gasteiger partial charge in [-0.3, -0.25) is 4.18 Å². The van der Waals surface area contributed by atoms with Crippen molar-refractivity contribution in [3.05, 3.63) is 0 Å². The summed E-state index contributed by atoms with van der Waals surface area (Å²) in [5.41, 5.74) is -0.323. The molecule has 0 aliphatic rings. The Kier molecular flexibility index (Phi) is 17.1. The van der Waals surface area contributed by atoms with Crippen LogP contribution < -0.4 is 0 Å². The van der Waals surface area contributed by atoms with E-state index in [1.807, 2.05) is 27.7 Å². The summed E-state index contributed by atoms with van der Waals surface area (Å²) in [6.07, 6.45) is 7.07. The van der Waals surface area contributed by atoms with Gasteiger partial charge in [-0.25, -0.2) is 0 Å². The Labute approximate surface area is 183 Å². The first-order valence-electron chi connectivity index (χ1n) is 11.0. The maximum absolute atomic E-state index is 10.8. The molecule has 9 heteroatoms. The van der Waals surface area contributed by atoms with Gasteiger partial charge in [0.25, 0.3) is 10.1 Å². The van der Waals surface area contributed by atoms with E-state index in [-0.39, 0.29) is 18.5 Å². The van der Waals surface area contributed by atoms with Crippen LogP contribution in [0.25, 0.3) is 0 Å². The van der Waals surface area contributed by atoms with Crippen molar-refractivity contribution in [2.45, 2.75) is 97.2 Å². The van der Waals surface area contributed by atoms with Gasteiger partial charge in [-0.15, -0.1) is 0 Å². The first-order valence-corrected chi connectivity index (χ1v) is 12.8. The molecule has 0 aliphatic carbocycles. The molecule has 0 rings (SSSR count). The standard InChI is InChI=1S/C21H44O8S/c1-19(26-15-11-8-9-13-20(22)29-21(2,3)4)27-18-17-25-14-10-6-7-12-16-28-30(5,23)24/h19-20,22H,6-18H2,1-5H3.